The van der Waals surface area contributed by atoms with E-state index in [0.717, 1.165) is 44.2 Å². The van der Waals surface area contributed by atoms with Crippen molar-refractivity contribution in [3.8, 4) is 0 Å². The van der Waals surface area contributed by atoms with Gasteiger partial charge in [0.25, 0.3) is 11.6 Å². The lowest BCUT2D eigenvalue weighted by molar-refractivity contribution is 0.0901. The van der Waals surface area contributed by atoms with Crippen molar-refractivity contribution in [3.63, 3.8) is 0 Å². The molecule has 2 fully saturated rings. The highest BCUT2D eigenvalue weighted by atomic mass is 16.5. The zero-order valence-corrected chi connectivity index (χ0v) is 14.6. The largest absolute Gasteiger partial charge is 0.396 e. The molecule has 2 heterocycles. The van der Waals surface area contributed by atoms with E-state index in [1.54, 1.807) is 0 Å². The number of fused-ring (bicyclic) bond motifs is 1. The SMILES string of the molecule is Cc1noc2nc(C3CC3)cc(C(=O)NC3CCCCCC3CO)c12. The molecule has 0 spiro atoms. The van der Waals surface area contributed by atoms with E-state index in [1.807, 2.05) is 13.0 Å². The molecule has 2 saturated carbocycles. The molecule has 25 heavy (non-hydrogen) atoms. The van der Waals surface area contributed by atoms with Gasteiger partial charge >= 0.3 is 0 Å². The summed E-state index contributed by atoms with van der Waals surface area (Å²) >= 11 is 0. The van der Waals surface area contributed by atoms with Crippen LogP contribution in [0.4, 0.5) is 0 Å². The van der Waals surface area contributed by atoms with Crippen molar-refractivity contribution in [2.75, 3.05) is 6.61 Å². The van der Waals surface area contributed by atoms with Crippen molar-refractivity contribution in [1.82, 2.24) is 15.5 Å². The first-order chi connectivity index (χ1) is 12.2. The van der Waals surface area contributed by atoms with Gasteiger partial charge in [0.05, 0.1) is 16.6 Å². The van der Waals surface area contributed by atoms with Gasteiger partial charge in [-0.25, -0.2) is 4.98 Å². The first-order valence-corrected chi connectivity index (χ1v) is 9.36. The third-order valence-corrected chi connectivity index (χ3v) is 5.59. The quantitative estimate of drug-likeness (QED) is 0.833. The zero-order valence-electron chi connectivity index (χ0n) is 14.6. The van der Waals surface area contributed by atoms with Crippen LogP contribution in [-0.2, 0) is 0 Å². The average molecular weight is 343 g/mol. The molecule has 2 aliphatic carbocycles. The number of nitrogens with one attached hydrogen (secondary N) is 1. The maximum Gasteiger partial charge on any atom is 0.259 e. The van der Waals surface area contributed by atoms with Crippen LogP contribution in [0.15, 0.2) is 10.6 Å². The van der Waals surface area contributed by atoms with Gasteiger partial charge in [-0.15, -0.1) is 0 Å². The number of aromatic nitrogens is 2. The fourth-order valence-electron chi connectivity index (χ4n) is 3.92. The molecule has 2 N–H and O–H groups in total. The minimum absolute atomic E-state index is 0.0211. The smallest absolute Gasteiger partial charge is 0.259 e. The average Bonchev–Trinajstić information content (AvgIpc) is 3.42. The Bertz CT molecular complexity index is 782. The summed E-state index contributed by atoms with van der Waals surface area (Å²) in [6, 6.07) is 1.93. The number of rotatable bonds is 4. The van der Waals surface area contributed by atoms with Crippen LogP contribution in [0, 0.1) is 12.8 Å². The monoisotopic (exact) mass is 343 g/mol. The summed E-state index contributed by atoms with van der Waals surface area (Å²) in [5.41, 5.74) is 2.67. The highest BCUT2D eigenvalue weighted by Crippen LogP contribution is 2.40. The number of amides is 1. The molecule has 6 nitrogen and oxygen atoms in total. The second-order valence-electron chi connectivity index (χ2n) is 7.48. The minimum Gasteiger partial charge on any atom is -0.396 e. The fraction of sp³-hybridized carbons (Fsp3) is 0.632. The Morgan fingerprint density at radius 2 is 2.08 bits per heavy atom. The van der Waals surface area contributed by atoms with E-state index in [9.17, 15) is 9.90 Å². The van der Waals surface area contributed by atoms with Crippen molar-refractivity contribution in [2.45, 2.75) is 63.8 Å². The van der Waals surface area contributed by atoms with E-state index in [2.05, 4.69) is 15.5 Å². The number of nitrogens with zero attached hydrogens (tertiary/aromatic N) is 2. The van der Waals surface area contributed by atoms with E-state index in [0.29, 0.717) is 28.3 Å². The molecule has 2 aliphatic rings. The topological polar surface area (TPSA) is 88.2 Å². The first-order valence-electron chi connectivity index (χ1n) is 9.36. The molecule has 2 unspecified atom stereocenters. The summed E-state index contributed by atoms with van der Waals surface area (Å²) in [7, 11) is 0. The highest BCUT2D eigenvalue weighted by molar-refractivity contribution is 6.06. The zero-order chi connectivity index (χ0) is 17.4. The Hall–Kier alpha value is -1.95. The number of hydrogen-bond acceptors (Lipinski definition) is 5. The number of hydrogen-bond donors (Lipinski definition) is 2. The molecule has 0 aliphatic heterocycles. The number of carbonyl (C=O) groups is 1. The number of aliphatic hydroxyl groups is 1. The molecule has 0 radical (unpaired) electrons. The van der Waals surface area contributed by atoms with Crippen molar-refractivity contribution in [1.29, 1.82) is 0 Å². The highest BCUT2D eigenvalue weighted by Gasteiger charge is 2.30. The van der Waals surface area contributed by atoms with Crippen LogP contribution in [0.3, 0.4) is 0 Å². The van der Waals surface area contributed by atoms with Gasteiger partial charge in [0, 0.05) is 30.2 Å². The van der Waals surface area contributed by atoms with Gasteiger partial charge < -0.3 is 14.9 Å². The fourth-order valence-corrected chi connectivity index (χ4v) is 3.92. The third kappa shape index (κ3) is 3.27. The summed E-state index contributed by atoms with van der Waals surface area (Å²) in [6.07, 6.45) is 7.49. The first kappa shape index (κ1) is 16.5. The van der Waals surface area contributed by atoms with Gasteiger partial charge in [-0.3, -0.25) is 4.79 Å². The van der Waals surface area contributed by atoms with Crippen LogP contribution in [0.1, 0.15) is 72.6 Å². The Morgan fingerprint density at radius 1 is 1.28 bits per heavy atom. The summed E-state index contributed by atoms with van der Waals surface area (Å²) < 4.78 is 5.33. The van der Waals surface area contributed by atoms with Gasteiger partial charge in [-0.2, -0.15) is 0 Å². The summed E-state index contributed by atoms with van der Waals surface area (Å²) in [4.78, 5) is 17.6. The number of carbonyl (C=O) groups excluding carboxylic acids is 1. The molecule has 1 amide bonds. The molecule has 0 saturated heterocycles. The summed E-state index contributed by atoms with van der Waals surface area (Å²) in [5.74, 6) is 0.464. The van der Waals surface area contributed by atoms with Gasteiger partial charge in [0.15, 0.2) is 0 Å². The summed E-state index contributed by atoms with van der Waals surface area (Å²) in [6.45, 7) is 1.96. The van der Waals surface area contributed by atoms with Crippen LogP contribution < -0.4 is 5.32 Å². The molecule has 2 aromatic rings. The third-order valence-electron chi connectivity index (χ3n) is 5.59. The van der Waals surface area contributed by atoms with Crippen LogP contribution in [0.2, 0.25) is 0 Å². The predicted octanol–water partition coefficient (Wildman–Crippen LogP) is 3.08. The Kier molecular flexibility index (Phi) is 4.46. The van der Waals surface area contributed by atoms with Crippen molar-refractivity contribution in [2.24, 2.45) is 5.92 Å². The van der Waals surface area contributed by atoms with E-state index in [1.165, 1.54) is 6.42 Å². The molecule has 134 valence electrons. The molecule has 0 aromatic carbocycles. The van der Waals surface area contributed by atoms with Crippen LogP contribution in [0.25, 0.3) is 11.1 Å². The van der Waals surface area contributed by atoms with Crippen molar-refractivity contribution in [3.05, 3.63) is 23.0 Å². The second kappa shape index (κ2) is 6.75. The summed E-state index contributed by atoms with van der Waals surface area (Å²) in [5, 5.41) is 17.6. The molecule has 2 atom stereocenters. The van der Waals surface area contributed by atoms with E-state index >= 15 is 0 Å². The van der Waals surface area contributed by atoms with E-state index in [4.69, 9.17) is 4.52 Å². The molecule has 2 aromatic heterocycles. The minimum atomic E-state index is -0.106. The molecule has 4 rings (SSSR count). The maximum atomic E-state index is 13.1. The molecular weight excluding hydrogens is 318 g/mol. The molecular formula is C19H25N3O3. The van der Waals surface area contributed by atoms with Crippen molar-refractivity contribution < 1.29 is 14.4 Å². The van der Waals surface area contributed by atoms with Crippen LogP contribution >= 0.6 is 0 Å². The number of pyridine rings is 1. The van der Waals surface area contributed by atoms with Crippen LogP contribution in [0.5, 0.6) is 0 Å². The number of aliphatic hydroxyl groups excluding tert-OH is 1. The van der Waals surface area contributed by atoms with Gasteiger partial charge in [0.1, 0.15) is 0 Å². The Labute approximate surface area is 147 Å². The van der Waals surface area contributed by atoms with Gasteiger partial charge in [-0.1, -0.05) is 24.4 Å². The van der Waals surface area contributed by atoms with Crippen LogP contribution in [-0.4, -0.2) is 33.8 Å². The lowest BCUT2D eigenvalue weighted by Gasteiger charge is -2.24. The number of aryl methyl sites for hydroxylation is 1. The Morgan fingerprint density at radius 3 is 2.84 bits per heavy atom. The normalized spacial score (nSPS) is 24.2. The lowest BCUT2D eigenvalue weighted by Crippen LogP contribution is -2.41. The molecule has 6 heteroatoms. The van der Waals surface area contributed by atoms with E-state index in [-0.39, 0.29) is 24.5 Å². The lowest BCUT2D eigenvalue weighted by atomic mass is 9.95. The van der Waals surface area contributed by atoms with Crippen molar-refractivity contribution >= 4 is 17.0 Å². The maximum absolute atomic E-state index is 13.1. The van der Waals surface area contributed by atoms with Gasteiger partial charge in [0.2, 0.25) is 0 Å². The molecule has 0 bridgehead atoms. The standard InChI is InChI=1S/C19H25N3O3/c1-11-17-14(9-16(12-7-8-12)21-19(17)25-22-11)18(24)20-15-6-4-2-3-5-13(15)10-23/h9,12-13,15,23H,2-8,10H2,1H3,(H,20,24). The van der Waals surface area contributed by atoms with E-state index < -0.39 is 0 Å². The Balaban J connectivity index is 1.65. The predicted molar refractivity (Wildman–Crippen MR) is 93.4 cm³/mol. The second-order valence-corrected chi connectivity index (χ2v) is 7.48. The van der Waals surface area contributed by atoms with Gasteiger partial charge in [-0.05, 0) is 38.7 Å².